The van der Waals surface area contributed by atoms with Crippen molar-refractivity contribution >= 4 is 11.6 Å². The first kappa shape index (κ1) is 14.9. The van der Waals surface area contributed by atoms with Gasteiger partial charge in [-0.15, -0.1) is 0 Å². The second kappa shape index (κ2) is 5.85. The summed E-state index contributed by atoms with van der Waals surface area (Å²) < 4.78 is 7.19. The van der Waals surface area contributed by atoms with Gasteiger partial charge in [-0.1, -0.05) is 11.6 Å². The third kappa shape index (κ3) is 3.52. The Bertz CT molecular complexity index is 587. The van der Waals surface area contributed by atoms with Crippen LogP contribution < -0.4 is 10.1 Å². The standard InChI is InChI=1S/C15H20ClN3O/c1-15(2,3)18-9-12-8-17-10-19(12)11-5-6-14(20-4)13(16)7-11/h5-8,10,18H,9H2,1-4H3. The molecule has 1 aromatic carbocycles. The zero-order chi connectivity index (χ0) is 14.8. The molecule has 108 valence electrons. The molecule has 20 heavy (non-hydrogen) atoms. The molecule has 2 aromatic rings. The quantitative estimate of drug-likeness (QED) is 0.939. The molecule has 0 saturated heterocycles. The molecule has 0 aliphatic heterocycles. The summed E-state index contributed by atoms with van der Waals surface area (Å²) in [6.45, 7) is 7.15. The number of hydrogen-bond donors (Lipinski definition) is 1. The maximum Gasteiger partial charge on any atom is 0.137 e. The molecule has 0 spiro atoms. The number of rotatable bonds is 4. The van der Waals surface area contributed by atoms with Crippen molar-refractivity contribution in [1.29, 1.82) is 0 Å². The number of ether oxygens (including phenoxy) is 1. The van der Waals surface area contributed by atoms with Crippen LogP contribution in [0.15, 0.2) is 30.7 Å². The molecule has 2 rings (SSSR count). The van der Waals surface area contributed by atoms with Gasteiger partial charge in [-0.3, -0.25) is 0 Å². The lowest BCUT2D eigenvalue weighted by Crippen LogP contribution is -2.35. The van der Waals surface area contributed by atoms with Crippen molar-refractivity contribution in [3.63, 3.8) is 0 Å². The van der Waals surface area contributed by atoms with Crippen LogP contribution in [0.2, 0.25) is 5.02 Å². The Balaban J connectivity index is 2.25. The second-order valence-corrected chi connectivity index (χ2v) is 6.08. The van der Waals surface area contributed by atoms with E-state index in [1.165, 1.54) is 0 Å². The van der Waals surface area contributed by atoms with Crippen molar-refractivity contribution in [2.75, 3.05) is 7.11 Å². The first-order chi connectivity index (χ1) is 9.40. The van der Waals surface area contributed by atoms with Crippen molar-refractivity contribution in [3.05, 3.63) is 41.4 Å². The molecule has 0 fully saturated rings. The molecular weight excluding hydrogens is 274 g/mol. The van der Waals surface area contributed by atoms with Gasteiger partial charge in [0.05, 0.1) is 24.2 Å². The summed E-state index contributed by atoms with van der Waals surface area (Å²) in [6.07, 6.45) is 3.65. The fraction of sp³-hybridized carbons (Fsp3) is 0.400. The maximum atomic E-state index is 6.17. The minimum atomic E-state index is 0.0622. The van der Waals surface area contributed by atoms with E-state index in [4.69, 9.17) is 16.3 Å². The first-order valence-electron chi connectivity index (χ1n) is 6.51. The topological polar surface area (TPSA) is 39.1 Å². The Hall–Kier alpha value is -1.52. The van der Waals surface area contributed by atoms with Crippen molar-refractivity contribution < 1.29 is 4.74 Å². The molecule has 0 unspecified atom stereocenters. The normalized spacial score (nSPS) is 11.7. The molecule has 0 amide bonds. The number of methoxy groups -OCH3 is 1. The first-order valence-corrected chi connectivity index (χ1v) is 6.88. The summed E-state index contributed by atoms with van der Waals surface area (Å²) in [5.74, 6) is 0.671. The number of imidazole rings is 1. The number of nitrogens with zero attached hydrogens (tertiary/aromatic N) is 2. The van der Waals surface area contributed by atoms with E-state index in [9.17, 15) is 0 Å². The number of nitrogens with one attached hydrogen (secondary N) is 1. The Morgan fingerprint density at radius 3 is 2.70 bits per heavy atom. The van der Waals surface area contributed by atoms with Crippen molar-refractivity contribution in [1.82, 2.24) is 14.9 Å². The molecule has 0 atom stereocenters. The lowest BCUT2D eigenvalue weighted by molar-refractivity contribution is 0.415. The van der Waals surface area contributed by atoms with Gasteiger partial charge >= 0.3 is 0 Å². The fourth-order valence-electron chi connectivity index (χ4n) is 1.85. The minimum absolute atomic E-state index is 0.0622. The molecule has 1 N–H and O–H groups in total. The van der Waals surface area contributed by atoms with Gasteiger partial charge in [0.1, 0.15) is 5.75 Å². The number of halogens is 1. The molecule has 0 saturated carbocycles. The van der Waals surface area contributed by atoms with E-state index >= 15 is 0 Å². The van der Waals surface area contributed by atoms with Gasteiger partial charge in [-0.25, -0.2) is 4.98 Å². The number of benzene rings is 1. The van der Waals surface area contributed by atoms with Crippen molar-refractivity contribution in [3.8, 4) is 11.4 Å². The average Bonchev–Trinajstić information content (AvgIpc) is 2.83. The number of hydrogen-bond acceptors (Lipinski definition) is 3. The molecule has 5 heteroatoms. The van der Waals surface area contributed by atoms with E-state index in [2.05, 4.69) is 31.1 Å². The SMILES string of the molecule is COc1ccc(-n2cncc2CNC(C)(C)C)cc1Cl. The van der Waals surface area contributed by atoms with Crippen molar-refractivity contribution in [2.45, 2.75) is 32.9 Å². The van der Waals surface area contributed by atoms with Gasteiger partial charge in [-0.05, 0) is 39.0 Å². The van der Waals surface area contributed by atoms with E-state index in [0.717, 1.165) is 17.9 Å². The van der Waals surface area contributed by atoms with Gasteiger partial charge in [0, 0.05) is 24.0 Å². The molecule has 4 nitrogen and oxygen atoms in total. The van der Waals surface area contributed by atoms with Crippen LogP contribution in [0.1, 0.15) is 26.5 Å². The molecular formula is C15H20ClN3O. The van der Waals surface area contributed by atoms with E-state index in [1.54, 1.807) is 13.4 Å². The van der Waals surface area contributed by atoms with E-state index in [-0.39, 0.29) is 5.54 Å². The highest BCUT2D eigenvalue weighted by molar-refractivity contribution is 6.32. The summed E-state index contributed by atoms with van der Waals surface area (Å²) in [7, 11) is 1.61. The molecule has 0 bridgehead atoms. The highest BCUT2D eigenvalue weighted by atomic mass is 35.5. The van der Waals surface area contributed by atoms with Gasteiger partial charge in [0.2, 0.25) is 0 Å². The summed E-state index contributed by atoms with van der Waals surface area (Å²) in [5.41, 5.74) is 2.12. The van der Waals surface area contributed by atoms with Gasteiger partial charge in [0.15, 0.2) is 0 Å². The predicted octanol–water partition coefficient (Wildman–Crippen LogP) is 3.42. The van der Waals surface area contributed by atoms with Crippen molar-refractivity contribution in [2.24, 2.45) is 0 Å². The van der Waals surface area contributed by atoms with Crippen LogP contribution in [0.25, 0.3) is 5.69 Å². The smallest absolute Gasteiger partial charge is 0.137 e. The largest absolute Gasteiger partial charge is 0.495 e. The number of aromatic nitrogens is 2. The van der Waals surface area contributed by atoms with Crippen LogP contribution in [0, 0.1) is 0 Å². The summed E-state index contributed by atoms with van der Waals surface area (Å²) in [6, 6.07) is 5.70. The highest BCUT2D eigenvalue weighted by Crippen LogP contribution is 2.27. The van der Waals surface area contributed by atoms with Gasteiger partial charge in [-0.2, -0.15) is 0 Å². The predicted molar refractivity (Wildman–Crippen MR) is 81.7 cm³/mol. The Morgan fingerprint density at radius 2 is 2.10 bits per heavy atom. The lowest BCUT2D eigenvalue weighted by atomic mass is 10.1. The monoisotopic (exact) mass is 293 g/mol. The average molecular weight is 294 g/mol. The second-order valence-electron chi connectivity index (χ2n) is 5.68. The van der Waals surface area contributed by atoms with Gasteiger partial charge in [0.25, 0.3) is 0 Å². The minimum Gasteiger partial charge on any atom is -0.495 e. The highest BCUT2D eigenvalue weighted by Gasteiger charge is 2.12. The van der Waals surface area contributed by atoms with Crippen LogP contribution in [-0.2, 0) is 6.54 Å². The molecule has 0 aliphatic rings. The fourth-order valence-corrected chi connectivity index (χ4v) is 2.10. The summed E-state index contributed by atoms with van der Waals surface area (Å²) >= 11 is 6.17. The van der Waals surface area contributed by atoms with E-state index < -0.39 is 0 Å². The van der Waals surface area contributed by atoms with Crippen LogP contribution >= 0.6 is 11.6 Å². The van der Waals surface area contributed by atoms with E-state index in [1.807, 2.05) is 29.0 Å². The third-order valence-corrected chi connectivity index (χ3v) is 3.22. The van der Waals surface area contributed by atoms with Crippen LogP contribution in [0.4, 0.5) is 0 Å². The Labute approximate surface area is 124 Å². The lowest BCUT2D eigenvalue weighted by Gasteiger charge is -2.21. The van der Waals surface area contributed by atoms with Crippen LogP contribution in [0.3, 0.4) is 0 Å². The summed E-state index contributed by atoms with van der Waals surface area (Å²) in [5, 5.41) is 4.04. The third-order valence-electron chi connectivity index (χ3n) is 2.93. The van der Waals surface area contributed by atoms with Crippen LogP contribution in [-0.4, -0.2) is 22.2 Å². The Morgan fingerprint density at radius 1 is 1.35 bits per heavy atom. The summed E-state index contributed by atoms with van der Waals surface area (Å²) in [4.78, 5) is 4.22. The molecule has 0 aliphatic carbocycles. The molecule has 0 radical (unpaired) electrons. The Kier molecular flexibility index (Phi) is 4.35. The van der Waals surface area contributed by atoms with Crippen LogP contribution in [0.5, 0.6) is 5.75 Å². The molecule has 1 aromatic heterocycles. The maximum absolute atomic E-state index is 6.17. The zero-order valence-corrected chi connectivity index (χ0v) is 13.0. The van der Waals surface area contributed by atoms with Gasteiger partial charge < -0.3 is 14.6 Å². The molecule has 1 heterocycles. The zero-order valence-electron chi connectivity index (χ0n) is 12.3. The van der Waals surface area contributed by atoms with E-state index in [0.29, 0.717) is 10.8 Å².